The third-order valence-corrected chi connectivity index (χ3v) is 2.35. The number of nitrogens with one attached hydrogen (secondary N) is 1. The second-order valence-corrected chi connectivity index (χ2v) is 3.68. The second-order valence-electron chi connectivity index (χ2n) is 3.68. The molecule has 2 rings (SSSR count). The van der Waals surface area contributed by atoms with Gasteiger partial charge in [-0.3, -0.25) is 14.9 Å². The van der Waals surface area contributed by atoms with E-state index < -0.39 is 0 Å². The van der Waals surface area contributed by atoms with Gasteiger partial charge in [0.25, 0.3) is 0 Å². The molecule has 1 aliphatic rings. The van der Waals surface area contributed by atoms with Gasteiger partial charge in [-0.05, 0) is 6.92 Å². The average molecular weight is 251 g/mol. The quantitative estimate of drug-likeness (QED) is 0.657. The van der Waals surface area contributed by atoms with E-state index in [1.165, 1.54) is 11.2 Å². The van der Waals surface area contributed by atoms with E-state index in [4.69, 9.17) is 10.5 Å². The molecule has 0 spiro atoms. The maximum atomic E-state index is 11.3. The zero-order chi connectivity index (χ0) is 13.1. The molecule has 8 nitrogen and oxygen atoms in total. The summed E-state index contributed by atoms with van der Waals surface area (Å²) in [5.74, 6) is -0.193. The van der Waals surface area contributed by atoms with Crippen molar-refractivity contribution in [1.82, 2.24) is 15.3 Å². The lowest BCUT2D eigenvalue weighted by Crippen LogP contribution is -2.52. The largest absolute Gasteiger partial charge is 0.476 e. The van der Waals surface area contributed by atoms with Crippen LogP contribution in [-0.2, 0) is 9.59 Å². The van der Waals surface area contributed by atoms with E-state index in [9.17, 15) is 9.59 Å². The molecule has 2 amide bonds. The highest BCUT2D eigenvalue weighted by Crippen LogP contribution is 2.27. The Kier molecular flexibility index (Phi) is 3.26. The fourth-order valence-electron chi connectivity index (χ4n) is 1.66. The monoisotopic (exact) mass is 251 g/mol. The lowest BCUT2D eigenvalue weighted by molar-refractivity contribution is -0.130. The zero-order valence-electron chi connectivity index (χ0n) is 9.84. The molecule has 1 fully saturated rings. The Morgan fingerprint density at radius 1 is 1.39 bits per heavy atom. The van der Waals surface area contributed by atoms with Crippen LogP contribution in [0.3, 0.4) is 0 Å². The molecule has 0 saturated carbocycles. The Morgan fingerprint density at radius 3 is 2.67 bits per heavy atom. The number of hydrogen-bond acceptors (Lipinski definition) is 7. The summed E-state index contributed by atoms with van der Waals surface area (Å²) < 4.78 is 5.23. The third kappa shape index (κ3) is 2.31. The number of nitrogens with zero attached hydrogens (tertiary/aromatic N) is 3. The number of hydrogen-bond donors (Lipinski definition) is 2. The maximum absolute atomic E-state index is 11.3. The van der Waals surface area contributed by atoms with Crippen molar-refractivity contribution in [2.75, 3.05) is 30.3 Å². The van der Waals surface area contributed by atoms with Gasteiger partial charge in [0.15, 0.2) is 5.82 Å². The Labute approximate surface area is 103 Å². The molecule has 1 saturated heterocycles. The molecule has 0 bridgehead atoms. The van der Waals surface area contributed by atoms with Gasteiger partial charge in [0.2, 0.25) is 17.7 Å². The Bertz CT molecular complexity index is 474. The smallest absolute Gasteiger partial charge is 0.246 e. The van der Waals surface area contributed by atoms with Crippen molar-refractivity contribution < 1.29 is 14.3 Å². The molecule has 3 N–H and O–H groups in total. The molecule has 0 aliphatic carbocycles. The molecule has 96 valence electrons. The van der Waals surface area contributed by atoms with E-state index >= 15 is 0 Å². The van der Waals surface area contributed by atoms with E-state index in [2.05, 4.69) is 15.3 Å². The van der Waals surface area contributed by atoms with Crippen LogP contribution in [0.2, 0.25) is 0 Å². The van der Waals surface area contributed by atoms with Crippen molar-refractivity contribution in [3.05, 3.63) is 6.33 Å². The van der Waals surface area contributed by atoms with Crippen molar-refractivity contribution in [3.63, 3.8) is 0 Å². The Morgan fingerprint density at radius 2 is 2.06 bits per heavy atom. The molecule has 1 aromatic heterocycles. The lowest BCUT2D eigenvalue weighted by atomic mass is 10.3. The third-order valence-electron chi connectivity index (χ3n) is 2.35. The summed E-state index contributed by atoms with van der Waals surface area (Å²) in [4.78, 5) is 31.9. The second kappa shape index (κ2) is 4.86. The summed E-state index contributed by atoms with van der Waals surface area (Å²) in [6.45, 7) is 2.27. The summed E-state index contributed by atoms with van der Waals surface area (Å²) in [5.41, 5.74) is 6.08. The van der Waals surface area contributed by atoms with Gasteiger partial charge in [0, 0.05) is 0 Å². The zero-order valence-corrected chi connectivity index (χ0v) is 9.84. The molecule has 1 aliphatic heterocycles. The van der Waals surface area contributed by atoms with Gasteiger partial charge < -0.3 is 15.4 Å². The normalized spacial score (nSPS) is 15.5. The fourth-order valence-corrected chi connectivity index (χ4v) is 1.66. The van der Waals surface area contributed by atoms with E-state index in [1.54, 1.807) is 6.92 Å². The number of piperazine rings is 1. The summed E-state index contributed by atoms with van der Waals surface area (Å²) in [6.07, 6.45) is 1.29. The first-order valence-electron chi connectivity index (χ1n) is 5.42. The highest BCUT2D eigenvalue weighted by atomic mass is 16.5. The topological polar surface area (TPSA) is 110 Å². The predicted molar refractivity (Wildman–Crippen MR) is 63.0 cm³/mol. The molecule has 0 aromatic carbocycles. The lowest BCUT2D eigenvalue weighted by Gasteiger charge is -2.27. The number of anilines is 2. The molecule has 0 radical (unpaired) electrons. The van der Waals surface area contributed by atoms with Crippen LogP contribution in [-0.4, -0.2) is 41.5 Å². The molecule has 2 heterocycles. The first kappa shape index (κ1) is 12.1. The number of nitrogen functional groups attached to an aromatic ring is 1. The highest BCUT2D eigenvalue weighted by Gasteiger charge is 2.26. The Hall–Kier alpha value is -2.38. The van der Waals surface area contributed by atoms with Gasteiger partial charge >= 0.3 is 0 Å². The van der Waals surface area contributed by atoms with Gasteiger partial charge in [-0.15, -0.1) is 0 Å². The SMILES string of the molecule is CCOc1ncnc(N2CC(=O)NC(=O)C2)c1N. The van der Waals surface area contributed by atoms with E-state index in [1.807, 2.05) is 0 Å². The number of aromatic nitrogens is 2. The maximum Gasteiger partial charge on any atom is 0.246 e. The number of rotatable bonds is 3. The van der Waals surface area contributed by atoms with Crippen LogP contribution >= 0.6 is 0 Å². The first-order valence-corrected chi connectivity index (χ1v) is 5.42. The summed E-state index contributed by atoms with van der Waals surface area (Å²) in [5, 5.41) is 2.20. The van der Waals surface area contributed by atoms with E-state index in [-0.39, 0.29) is 36.5 Å². The van der Waals surface area contributed by atoms with Crippen LogP contribution in [0, 0.1) is 0 Å². The summed E-state index contributed by atoms with van der Waals surface area (Å²) in [6, 6.07) is 0. The number of nitrogens with two attached hydrogens (primary N) is 1. The van der Waals surface area contributed by atoms with Gasteiger partial charge in [0.05, 0.1) is 19.7 Å². The van der Waals surface area contributed by atoms with Crippen LogP contribution in [0.5, 0.6) is 5.88 Å². The molecule has 0 unspecified atom stereocenters. The van der Waals surface area contributed by atoms with Crippen LogP contribution in [0.25, 0.3) is 0 Å². The van der Waals surface area contributed by atoms with E-state index in [0.29, 0.717) is 12.4 Å². The molecule has 0 atom stereocenters. The average Bonchev–Trinajstić information content (AvgIpc) is 2.31. The Balaban J connectivity index is 2.30. The van der Waals surface area contributed by atoms with Gasteiger partial charge in [0.1, 0.15) is 12.0 Å². The van der Waals surface area contributed by atoms with Gasteiger partial charge in [-0.2, -0.15) is 4.98 Å². The van der Waals surface area contributed by atoms with Crippen molar-refractivity contribution >= 4 is 23.3 Å². The first-order chi connectivity index (χ1) is 8.61. The fraction of sp³-hybridized carbons (Fsp3) is 0.400. The minimum absolute atomic E-state index is 0.0263. The van der Waals surface area contributed by atoms with Crippen LogP contribution in [0.15, 0.2) is 6.33 Å². The van der Waals surface area contributed by atoms with Gasteiger partial charge in [-0.1, -0.05) is 0 Å². The number of ether oxygens (including phenoxy) is 1. The van der Waals surface area contributed by atoms with Crippen molar-refractivity contribution in [2.24, 2.45) is 0 Å². The van der Waals surface area contributed by atoms with Crippen LogP contribution in [0.1, 0.15) is 6.92 Å². The molecule has 18 heavy (non-hydrogen) atoms. The number of imide groups is 1. The highest BCUT2D eigenvalue weighted by molar-refractivity contribution is 6.03. The molecule has 1 aromatic rings. The van der Waals surface area contributed by atoms with E-state index in [0.717, 1.165) is 0 Å². The molecule has 8 heteroatoms. The number of amides is 2. The van der Waals surface area contributed by atoms with Crippen molar-refractivity contribution in [3.8, 4) is 5.88 Å². The van der Waals surface area contributed by atoms with Crippen LogP contribution < -0.4 is 20.7 Å². The predicted octanol–water partition coefficient (Wildman–Crippen LogP) is -1.08. The van der Waals surface area contributed by atoms with Crippen molar-refractivity contribution in [1.29, 1.82) is 0 Å². The number of carbonyl (C=O) groups is 2. The van der Waals surface area contributed by atoms with Crippen LogP contribution in [0.4, 0.5) is 11.5 Å². The minimum atomic E-state index is -0.387. The van der Waals surface area contributed by atoms with Gasteiger partial charge in [-0.25, -0.2) is 4.98 Å². The standard InChI is InChI=1S/C10H13N5O3/c1-2-18-10-8(11)9(12-5-13-10)15-3-6(16)14-7(17)4-15/h5H,2-4,11H2,1H3,(H,14,16,17). The summed E-state index contributed by atoms with van der Waals surface area (Å²) in [7, 11) is 0. The van der Waals surface area contributed by atoms with Crippen molar-refractivity contribution in [2.45, 2.75) is 6.92 Å². The molecular formula is C10H13N5O3. The summed E-state index contributed by atoms with van der Waals surface area (Å²) >= 11 is 0. The number of carbonyl (C=O) groups excluding carboxylic acids is 2. The molecular weight excluding hydrogens is 238 g/mol. The minimum Gasteiger partial charge on any atom is -0.476 e.